The Hall–Kier alpha value is -1.63. The Kier molecular flexibility index (Phi) is 4.04. The van der Waals surface area contributed by atoms with Crippen molar-refractivity contribution in [2.75, 3.05) is 18.0 Å². The topological polar surface area (TPSA) is 82.5 Å². The third kappa shape index (κ3) is 3.66. The van der Waals surface area contributed by atoms with Crippen LogP contribution >= 0.6 is 15.9 Å². The number of carboxylic acid groups (broad SMARTS) is 1. The minimum Gasteiger partial charge on any atom is -0.465 e. The number of pyridine rings is 1. The minimum atomic E-state index is -1.03. The molecule has 1 aromatic rings. The first kappa shape index (κ1) is 13.8. The summed E-state index contributed by atoms with van der Waals surface area (Å²) in [6, 6.07) is 1.81. The van der Waals surface area contributed by atoms with E-state index < -0.39 is 6.09 Å². The standard InChI is InChI=1S/C12H14BrN3O3/c13-9-3-10(5-14-4-9)16(8-17)7-12(1-2-12)6-15-11(18)19/h3-5,8,15H,1-2,6-7H2,(H,18,19). The Morgan fingerprint density at radius 1 is 1.58 bits per heavy atom. The fourth-order valence-corrected chi connectivity index (χ4v) is 2.29. The maximum absolute atomic E-state index is 11.2. The molecule has 0 bridgehead atoms. The highest BCUT2D eigenvalue weighted by atomic mass is 79.9. The molecule has 1 aliphatic carbocycles. The molecule has 0 atom stereocenters. The zero-order valence-electron chi connectivity index (χ0n) is 10.2. The number of carbonyl (C=O) groups is 2. The van der Waals surface area contributed by atoms with E-state index in [0.29, 0.717) is 18.8 Å². The van der Waals surface area contributed by atoms with Gasteiger partial charge in [0.05, 0.1) is 11.9 Å². The van der Waals surface area contributed by atoms with Gasteiger partial charge in [0, 0.05) is 29.2 Å². The molecule has 6 nitrogen and oxygen atoms in total. The summed E-state index contributed by atoms with van der Waals surface area (Å²) < 4.78 is 0.797. The number of amides is 2. The predicted octanol–water partition coefficient (Wildman–Crippen LogP) is 1.85. The second-order valence-electron chi connectivity index (χ2n) is 4.75. The van der Waals surface area contributed by atoms with E-state index in [9.17, 15) is 9.59 Å². The van der Waals surface area contributed by atoms with Crippen molar-refractivity contribution >= 4 is 34.1 Å². The predicted molar refractivity (Wildman–Crippen MR) is 73.0 cm³/mol. The van der Waals surface area contributed by atoms with Crippen LogP contribution in [0.1, 0.15) is 12.8 Å². The van der Waals surface area contributed by atoms with E-state index in [2.05, 4.69) is 26.2 Å². The fraction of sp³-hybridized carbons (Fsp3) is 0.417. The lowest BCUT2D eigenvalue weighted by Crippen LogP contribution is -2.37. The van der Waals surface area contributed by atoms with Crippen LogP contribution in [0.15, 0.2) is 22.9 Å². The summed E-state index contributed by atoms with van der Waals surface area (Å²) in [6.45, 7) is 0.864. The molecule has 1 saturated carbocycles. The van der Waals surface area contributed by atoms with Gasteiger partial charge in [0.1, 0.15) is 0 Å². The Morgan fingerprint density at radius 2 is 2.32 bits per heavy atom. The van der Waals surface area contributed by atoms with Crippen LogP contribution in [-0.2, 0) is 4.79 Å². The van der Waals surface area contributed by atoms with Gasteiger partial charge in [-0.05, 0) is 34.8 Å². The van der Waals surface area contributed by atoms with Gasteiger partial charge in [-0.15, -0.1) is 0 Å². The van der Waals surface area contributed by atoms with Crippen LogP contribution in [0.5, 0.6) is 0 Å². The van der Waals surface area contributed by atoms with Crippen molar-refractivity contribution in [1.82, 2.24) is 10.3 Å². The zero-order valence-corrected chi connectivity index (χ0v) is 11.8. The maximum Gasteiger partial charge on any atom is 0.404 e. The number of hydrogen-bond donors (Lipinski definition) is 2. The van der Waals surface area contributed by atoms with Gasteiger partial charge in [0.2, 0.25) is 6.41 Å². The molecule has 1 aliphatic rings. The molecule has 2 N–H and O–H groups in total. The molecule has 0 aliphatic heterocycles. The Bertz CT molecular complexity index is 491. The first-order chi connectivity index (χ1) is 9.04. The molecule has 0 unspecified atom stereocenters. The van der Waals surface area contributed by atoms with Crippen molar-refractivity contribution in [3.8, 4) is 0 Å². The number of carbonyl (C=O) groups excluding carboxylic acids is 1. The van der Waals surface area contributed by atoms with E-state index in [1.165, 1.54) is 0 Å². The summed E-state index contributed by atoms with van der Waals surface area (Å²) in [6.07, 6.45) is 4.81. The number of aromatic nitrogens is 1. The smallest absolute Gasteiger partial charge is 0.404 e. The van der Waals surface area contributed by atoms with Gasteiger partial charge in [-0.1, -0.05) is 0 Å². The van der Waals surface area contributed by atoms with Crippen molar-refractivity contribution in [3.63, 3.8) is 0 Å². The van der Waals surface area contributed by atoms with E-state index in [1.807, 2.05) is 6.07 Å². The van der Waals surface area contributed by atoms with Crippen molar-refractivity contribution in [1.29, 1.82) is 0 Å². The number of halogens is 1. The third-order valence-electron chi connectivity index (χ3n) is 3.23. The highest BCUT2D eigenvalue weighted by Gasteiger charge is 2.44. The SMILES string of the molecule is O=CN(CC1(CNC(=O)O)CC1)c1cncc(Br)c1. The summed E-state index contributed by atoms with van der Waals surface area (Å²) in [4.78, 5) is 27.3. The second-order valence-corrected chi connectivity index (χ2v) is 5.67. The molecule has 1 fully saturated rings. The van der Waals surface area contributed by atoms with Crippen molar-refractivity contribution in [3.05, 3.63) is 22.9 Å². The van der Waals surface area contributed by atoms with Crippen molar-refractivity contribution < 1.29 is 14.7 Å². The molecule has 0 radical (unpaired) electrons. The lowest BCUT2D eigenvalue weighted by Gasteiger charge is -2.23. The summed E-state index contributed by atoms with van der Waals surface area (Å²) in [7, 11) is 0. The molecular formula is C12H14BrN3O3. The molecule has 1 heterocycles. The largest absolute Gasteiger partial charge is 0.465 e. The first-order valence-corrected chi connectivity index (χ1v) is 6.63. The van der Waals surface area contributed by atoms with Crippen LogP contribution in [0.4, 0.5) is 10.5 Å². The molecule has 2 amide bonds. The Labute approximate surface area is 118 Å². The summed E-state index contributed by atoms with van der Waals surface area (Å²) >= 11 is 3.31. The summed E-state index contributed by atoms with van der Waals surface area (Å²) in [5, 5.41) is 11.0. The van der Waals surface area contributed by atoms with Crippen LogP contribution in [0.25, 0.3) is 0 Å². The van der Waals surface area contributed by atoms with Gasteiger partial charge in [-0.25, -0.2) is 4.79 Å². The number of anilines is 1. The van der Waals surface area contributed by atoms with Gasteiger partial charge in [0.15, 0.2) is 0 Å². The molecule has 7 heteroatoms. The normalized spacial score (nSPS) is 15.6. The van der Waals surface area contributed by atoms with Crippen molar-refractivity contribution in [2.45, 2.75) is 12.8 Å². The molecule has 1 aromatic heterocycles. The third-order valence-corrected chi connectivity index (χ3v) is 3.66. The van der Waals surface area contributed by atoms with Crippen LogP contribution < -0.4 is 10.2 Å². The number of nitrogens with zero attached hydrogens (tertiary/aromatic N) is 2. The maximum atomic E-state index is 11.2. The van der Waals surface area contributed by atoms with E-state index in [-0.39, 0.29) is 5.41 Å². The lowest BCUT2D eigenvalue weighted by molar-refractivity contribution is -0.107. The van der Waals surface area contributed by atoms with E-state index in [1.54, 1.807) is 17.3 Å². The average molecular weight is 328 g/mol. The molecule has 0 aromatic carbocycles. The number of rotatable bonds is 6. The number of nitrogens with one attached hydrogen (secondary N) is 1. The quantitative estimate of drug-likeness (QED) is 0.781. The van der Waals surface area contributed by atoms with Crippen LogP contribution in [0.2, 0.25) is 0 Å². The van der Waals surface area contributed by atoms with Gasteiger partial charge in [0.25, 0.3) is 0 Å². The van der Waals surface area contributed by atoms with Crippen LogP contribution in [-0.4, -0.2) is 35.7 Å². The van der Waals surface area contributed by atoms with Gasteiger partial charge < -0.3 is 15.3 Å². The monoisotopic (exact) mass is 327 g/mol. The van der Waals surface area contributed by atoms with Crippen LogP contribution in [0, 0.1) is 5.41 Å². The zero-order chi connectivity index (χ0) is 13.9. The molecule has 19 heavy (non-hydrogen) atoms. The summed E-state index contributed by atoms with van der Waals surface area (Å²) in [5.74, 6) is 0. The Balaban J connectivity index is 2.03. The second kappa shape index (κ2) is 5.56. The van der Waals surface area contributed by atoms with Gasteiger partial charge in [-0.3, -0.25) is 9.78 Å². The van der Waals surface area contributed by atoms with Crippen LogP contribution in [0.3, 0.4) is 0 Å². The highest BCUT2D eigenvalue weighted by molar-refractivity contribution is 9.10. The highest BCUT2D eigenvalue weighted by Crippen LogP contribution is 2.46. The molecular weight excluding hydrogens is 314 g/mol. The van der Waals surface area contributed by atoms with E-state index >= 15 is 0 Å². The fourth-order valence-electron chi connectivity index (χ4n) is 1.94. The number of hydrogen-bond acceptors (Lipinski definition) is 3. The molecule has 0 saturated heterocycles. The average Bonchev–Trinajstić information content (AvgIpc) is 3.14. The summed E-state index contributed by atoms with van der Waals surface area (Å²) in [5.41, 5.74) is 0.563. The van der Waals surface area contributed by atoms with E-state index in [0.717, 1.165) is 23.7 Å². The molecule has 102 valence electrons. The molecule has 2 rings (SSSR count). The van der Waals surface area contributed by atoms with Crippen molar-refractivity contribution in [2.24, 2.45) is 5.41 Å². The minimum absolute atomic E-state index is 0.137. The Morgan fingerprint density at radius 3 is 2.84 bits per heavy atom. The first-order valence-electron chi connectivity index (χ1n) is 5.84. The van der Waals surface area contributed by atoms with Gasteiger partial charge in [-0.2, -0.15) is 0 Å². The van der Waals surface area contributed by atoms with E-state index in [4.69, 9.17) is 5.11 Å². The molecule has 0 spiro atoms. The lowest BCUT2D eigenvalue weighted by atomic mass is 10.1. The van der Waals surface area contributed by atoms with Gasteiger partial charge >= 0.3 is 6.09 Å².